The number of nitrogens with one attached hydrogen (secondary N) is 1. The summed E-state index contributed by atoms with van der Waals surface area (Å²) < 4.78 is 5.81. The van der Waals surface area contributed by atoms with Gasteiger partial charge in [-0.2, -0.15) is 0 Å². The van der Waals surface area contributed by atoms with E-state index in [0.29, 0.717) is 22.4 Å². The standard InChI is InChI=1S/C14H23N3O2S/c1-5-17(4)14-11(19-8(2)3)10(15)12(20-14)13(18)16-9-6-7-9/h8-9H,5-7,15H2,1-4H3,(H,16,18). The van der Waals surface area contributed by atoms with Crippen LogP contribution in [0.5, 0.6) is 5.75 Å². The lowest BCUT2D eigenvalue weighted by molar-refractivity contribution is 0.0955. The highest BCUT2D eigenvalue weighted by Crippen LogP contribution is 2.45. The number of thiophene rings is 1. The molecule has 20 heavy (non-hydrogen) atoms. The Labute approximate surface area is 124 Å². The lowest BCUT2D eigenvalue weighted by atomic mass is 10.3. The van der Waals surface area contributed by atoms with Crippen LogP contribution in [0, 0.1) is 0 Å². The molecule has 0 spiro atoms. The van der Waals surface area contributed by atoms with Crippen molar-refractivity contribution in [2.45, 2.75) is 45.8 Å². The number of anilines is 2. The molecule has 5 nitrogen and oxygen atoms in total. The number of nitrogens with two attached hydrogens (primary N) is 1. The summed E-state index contributed by atoms with van der Waals surface area (Å²) >= 11 is 1.40. The molecule has 0 radical (unpaired) electrons. The number of amides is 1. The summed E-state index contributed by atoms with van der Waals surface area (Å²) in [5, 5.41) is 3.90. The fraction of sp³-hybridized carbons (Fsp3) is 0.643. The van der Waals surface area contributed by atoms with Crippen LogP contribution in [0.4, 0.5) is 10.7 Å². The maximum absolute atomic E-state index is 12.2. The fourth-order valence-corrected chi connectivity index (χ4v) is 2.89. The van der Waals surface area contributed by atoms with Gasteiger partial charge < -0.3 is 20.7 Å². The Morgan fingerprint density at radius 3 is 2.70 bits per heavy atom. The van der Waals surface area contributed by atoms with Crippen molar-refractivity contribution in [3.8, 4) is 5.75 Å². The van der Waals surface area contributed by atoms with Crippen LogP contribution in [0.1, 0.15) is 43.3 Å². The summed E-state index contributed by atoms with van der Waals surface area (Å²) in [6, 6.07) is 0.325. The zero-order valence-corrected chi connectivity index (χ0v) is 13.3. The molecule has 1 aliphatic carbocycles. The summed E-state index contributed by atoms with van der Waals surface area (Å²) in [5.41, 5.74) is 6.60. The molecule has 1 fully saturated rings. The molecule has 0 bridgehead atoms. The van der Waals surface area contributed by atoms with Crippen molar-refractivity contribution in [2.24, 2.45) is 0 Å². The summed E-state index contributed by atoms with van der Waals surface area (Å²) in [6.45, 7) is 6.80. The first-order valence-electron chi connectivity index (χ1n) is 7.04. The van der Waals surface area contributed by atoms with Gasteiger partial charge in [-0.05, 0) is 33.6 Å². The fourth-order valence-electron chi connectivity index (χ4n) is 1.81. The van der Waals surface area contributed by atoms with Crippen LogP contribution in [0.25, 0.3) is 0 Å². The number of hydrogen-bond acceptors (Lipinski definition) is 5. The van der Waals surface area contributed by atoms with E-state index >= 15 is 0 Å². The highest BCUT2D eigenvalue weighted by Gasteiger charge is 2.29. The zero-order chi connectivity index (χ0) is 14.9. The summed E-state index contributed by atoms with van der Waals surface area (Å²) in [5.74, 6) is 0.551. The van der Waals surface area contributed by atoms with E-state index in [2.05, 4.69) is 12.2 Å². The van der Waals surface area contributed by atoms with Crippen LogP contribution >= 0.6 is 11.3 Å². The molecule has 1 aromatic rings. The molecule has 3 N–H and O–H groups in total. The Morgan fingerprint density at radius 1 is 1.55 bits per heavy atom. The molecule has 0 aliphatic heterocycles. The van der Waals surface area contributed by atoms with Crippen molar-refractivity contribution in [3.05, 3.63) is 4.88 Å². The topological polar surface area (TPSA) is 67.6 Å². The quantitative estimate of drug-likeness (QED) is 0.846. The third kappa shape index (κ3) is 3.17. The summed E-state index contributed by atoms with van der Waals surface area (Å²) in [6.07, 6.45) is 2.15. The molecular weight excluding hydrogens is 274 g/mol. The maximum Gasteiger partial charge on any atom is 0.263 e. The van der Waals surface area contributed by atoms with Gasteiger partial charge in [-0.25, -0.2) is 0 Å². The molecule has 0 unspecified atom stereocenters. The third-order valence-electron chi connectivity index (χ3n) is 3.18. The van der Waals surface area contributed by atoms with Gasteiger partial charge in [0, 0.05) is 19.6 Å². The largest absolute Gasteiger partial charge is 0.486 e. The van der Waals surface area contributed by atoms with Gasteiger partial charge in [0.1, 0.15) is 15.6 Å². The molecule has 1 aliphatic rings. The van der Waals surface area contributed by atoms with Crippen molar-refractivity contribution < 1.29 is 9.53 Å². The minimum atomic E-state index is -0.0839. The Kier molecular flexibility index (Phi) is 4.42. The average molecular weight is 297 g/mol. The van der Waals surface area contributed by atoms with E-state index in [1.807, 2.05) is 25.8 Å². The number of carbonyl (C=O) groups excluding carboxylic acids is 1. The first kappa shape index (κ1) is 15.0. The lowest BCUT2D eigenvalue weighted by Crippen LogP contribution is -2.25. The zero-order valence-electron chi connectivity index (χ0n) is 12.5. The van der Waals surface area contributed by atoms with Crippen molar-refractivity contribution in [1.82, 2.24) is 5.32 Å². The highest BCUT2D eigenvalue weighted by molar-refractivity contribution is 7.19. The Balaban J connectivity index is 2.31. The van der Waals surface area contributed by atoms with Crippen LogP contribution in [0.2, 0.25) is 0 Å². The van der Waals surface area contributed by atoms with Gasteiger partial charge in [-0.15, -0.1) is 11.3 Å². The number of nitrogen functional groups attached to an aromatic ring is 1. The van der Waals surface area contributed by atoms with Crippen LogP contribution in [0.3, 0.4) is 0 Å². The Morgan fingerprint density at radius 2 is 2.20 bits per heavy atom. The minimum absolute atomic E-state index is 0.0234. The van der Waals surface area contributed by atoms with E-state index in [4.69, 9.17) is 10.5 Å². The normalized spacial score (nSPS) is 14.4. The summed E-state index contributed by atoms with van der Waals surface area (Å²) in [4.78, 5) is 14.8. The average Bonchev–Trinajstić information content (AvgIpc) is 3.14. The van der Waals surface area contributed by atoms with Crippen molar-refractivity contribution >= 4 is 27.9 Å². The molecule has 1 aromatic heterocycles. The van der Waals surface area contributed by atoms with E-state index in [-0.39, 0.29) is 12.0 Å². The van der Waals surface area contributed by atoms with Gasteiger partial charge in [-0.3, -0.25) is 4.79 Å². The molecule has 1 heterocycles. The summed E-state index contributed by atoms with van der Waals surface area (Å²) in [7, 11) is 1.97. The molecule has 2 rings (SSSR count). The SMILES string of the molecule is CCN(C)c1sc(C(=O)NC2CC2)c(N)c1OC(C)C. The van der Waals surface area contributed by atoms with E-state index in [1.54, 1.807) is 0 Å². The highest BCUT2D eigenvalue weighted by atomic mass is 32.1. The lowest BCUT2D eigenvalue weighted by Gasteiger charge is -2.18. The molecular formula is C14H23N3O2S. The van der Waals surface area contributed by atoms with Crippen molar-refractivity contribution in [1.29, 1.82) is 0 Å². The van der Waals surface area contributed by atoms with Crippen molar-refractivity contribution in [3.63, 3.8) is 0 Å². The predicted octanol–water partition coefficient (Wildman–Crippen LogP) is 2.47. The number of carbonyl (C=O) groups is 1. The van der Waals surface area contributed by atoms with Crippen LogP contribution in [-0.4, -0.2) is 31.6 Å². The van der Waals surface area contributed by atoms with E-state index < -0.39 is 0 Å². The van der Waals surface area contributed by atoms with Gasteiger partial charge in [0.15, 0.2) is 5.75 Å². The van der Waals surface area contributed by atoms with Gasteiger partial charge >= 0.3 is 0 Å². The predicted molar refractivity (Wildman–Crippen MR) is 83.9 cm³/mol. The Bertz CT molecular complexity index is 495. The minimum Gasteiger partial charge on any atom is -0.486 e. The van der Waals surface area contributed by atoms with E-state index in [1.165, 1.54) is 11.3 Å². The van der Waals surface area contributed by atoms with Crippen LogP contribution in [-0.2, 0) is 0 Å². The second-order valence-electron chi connectivity index (χ2n) is 5.41. The maximum atomic E-state index is 12.2. The number of nitrogens with zero attached hydrogens (tertiary/aromatic N) is 1. The molecule has 0 atom stereocenters. The van der Waals surface area contributed by atoms with Crippen LogP contribution < -0.4 is 20.7 Å². The number of ether oxygens (including phenoxy) is 1. The van der Waals surface area contributed by atoms with E-state index in [9.17, 15) is 4.79 Å². The second kappa shape index (κ2) is 5.91. The third-order valence-corrected chi connectivity index (χ3v) is 4.48. The molecule has 0 aromatic carbocycles. The molecule has 1 amide bonds. The first-order valence-corrected chi connectivity index (χ1v) is 7.86. The number of rotatable bonds is 6. The van der Waals surface area contributed by atoms with Gasteiger partial charge in [0.25, 0.3) is 5.91 Å². The van der Waals surface area contributed by atoms with Gasteiger partial charge in [0.2, 0.25) is 0 Å². The van der Waals surface area contributed by atoms with Gasteiger partial charge in [-0.1, -0.05) is 0 Å². The Hall–Kier alpha value is -1.43. The van der Waals surface area contributed by atoms with Crippen LogP contribution in [0.15, 0.2) is 0 Å². The molecule has 0 saturated heterocycles. The monoisotopic (exact) mass is 297 g/mol. The van der Waals surface area contributed by atoms with E-state index in [0.717, 1.165) is 24.4 Å². The molecule has 1 saturated carbocycles. The van der Waals surface area contributed by atoms with Crippen molar-refractivity contribution in [2.75, 3.05) is 24.2 Å². The molecule has 6 heteroatoms. The second-order valence-corrected chi connectivity index (χ2v) is 6.41. The van der Waals surface area contributed by atoms with Gasteiger partial charge in [0.05, 0.1) is 6.10 Å². The first-order chi connectivity index (χ1) is 9.43. The number of hydrogen-bond donors (Lipinski definition) is 2. The smallest absolute Gasteiger partial charge is 0.263 e. The molecule has 112 valence electrons.